The standard InChI is InChI=1S/C11H20FNO/c1-9-6-11(8-14)7-10(2)13(9)5-3-4-12/h8-11H,3-7H2,1-2H3/t9-,10-/m0/s1. The van der Waals surface area contributed by atoms with E-state index in [1.807, 2.05) is 0 Å². The van der Waals surface area contributed by atoms with Crippen LogP contribution in [0.3, 0.4) is 0 Å². The van der Waals surface area contributed by atoms with Crippen LogP contribution < -0.4 is 0 Å². The fourth-order valence-electron chi connectivity index (χ4n) is 2.47. The molecule has 82 valence electrons. The highest BCUT2D eigenvalue weighted by molar-refractivity contribution is 5.53. The smallest absolute Gasteiger partial charge is 0.123 e. The van der Waals surface area contributed by atoms with E-state index in [1.165, 1.54) is 0 Å². The second kappa shape index (κ2) is 5.44. The Morgan fingerprint density at radius 2 is 1.93 bits per heavy atom. The number of nitrogens with zero attached hydrogens (tertiary/aromatic N) is 1. The van der Waals surface area contributed by atoms with Crippen molar-refractivity contribution in [2.45, 2.75) is 45.2 Å². The summed E-state index contributed by atoms with van der Waals surface area (Å²) in [5.41, 5.74) is 0. The lowest BCUT2D eigenvalue weighted by atomic mass is 9.88. The minimum absolute atomic E-state index is 0.210. The molecule has 0 radical (unpaired) electrons. The van der Waals surface area contributed by atoms with Crippen LogP contribution in [0.2, 0.25) is 0 Å². The Morgan fingerprint density at radius 3 is 2.36 bits per heavy atom. The van der Waals surface area contributed by atoms with Gasteiger partial charge in [0.1, 0.15) is 6.29 Å². The van der Waals surface area contributed by atoms with E-state index in [9.17, 15) is 9.18 Å². The van der Waals surface area contributed by atoms with E-state index in [4.69, 9.17) is 0 Å². The third-order valence-electron chi connectivity index (χ3n) is 3.16. The molecule has 1 aliphatic heterocycles. The van der Waals surface area contributed by atoms with Gasteiger partial charge in [-0.3, -0.25) is 9.29 Å². The molecule has 0 amide bonds. The minimum atomic E-state index is -0.243. The van der Waals surface area contributed by atoms with Crippen LogP contribution in [0.1, 0.15) is 33.1 Å². The van der Waals surface area contributed by atoms with E-state index in [0.29, 0.717) is 18.5 Å². The zero-order valence-electron chi connectivity index (χ0n) is 9.08. The molecular formula is C11H20FNO. The van der Waals surface area contributed by atoms with Gasteiger partial charge in [0.2, 0.25) is 0 Å². The predicted molar refractivity (Wildman–Crippen MR) is 55.0 cm³/mol. The molecule has 14 heavy (non-hydrogen) atoms. The van der Waals surface area contributed by atoms with Gasteiger partial charge in [0, 0.05) is 24.5 Å². The summed E-state index contributed by atoms with van der Waals surface area (Å²) < 4.78 is 12.1. The second-order valence-electron chi connectivity index (χ2n) is 4.35. The number of alkyl halides is 1. The average molecular weight is 201 g/mol. The number of hydrogen-bond donors (Lipinski definition) is 0. The largest absolute Gasteiger partial charge is 0.303 e. The van der Waals surface area contributed by atoms with Gasteiger partial charge in [0.15, 0.2) is 0 Å². The normalized spacial score (nSPS) is 34.4. The van der Waals surface area contributed by atoms with Crippen LogP contribution in [0.15, 0.2) is 0 Å². The number of piperidine rings is 1. The monoisotopic (exact) mass is 201 g/mol. The Balaban J connectivity index is 2.47. The van der Waals surface area contributed by atoms with E-state index in [2.05, 4.69) is 18.7 Å². The number of hydrogen-bond acceptors (Lipinski definition) is 2. The average Bonchev–Trinajstić information content (AvgIpc) is 2.16. The van der Waals surface area contributed by atoms with E-state index >= 15 is 0 Å². The molecule has 1 heterocycles. The third kappa shape index (κ3) is 2.77. The molecule has 1 rings (SSSR count). The molecule has 1 fully saturated rings. The zero-order valence-corrected chi connectivity index (χ0v) is 9.08. The number of likely N-dealkylation sites (tertiary alicyclic amines) is 1. The van der Waals surface area contributed by atoms with Crippen molar-refractivity contribution < 1.29 is 9.18 Å². The summed E-state index contributed by atoms with van der Waals surface area (Å²) in [6, 6.07) is 0.834. The SMILES string of the molecule is C[C@H]1CC(C=O)C[C@H](C)N1CCCF. The molecule has 0 N–H and O–H groups in total. The summed E-state index contributed by atoms with van der Waals surface area (Å²) in [5.74, 6) is 0.210. The van der Waals surface area contributed by atoms with Gasteiger partial charge in [0.05, 0.1) is 6.67 Å². The van der Waals surface area contributed by atoms with Crippen molar-refractivity contribution in [3.63, 3.8) is 0 Å². The number of aldehydes is 1. The third-order valence-corrected chi connectivity index (χ3v) is 3.16. The summed E-state index contributed by atoms with van der Waals surface area (Å²) in [6.07, 6.45) is 3.54. The van der Waals surface area contributed by atoms with Crippen molar-refractivity contribution in [3.8, 4) is 0 Å². The van der Waals surface area contributed by atoms with Gasteiger partial charge in [-0.2, -0.15) is 0 Å². The fourth-order valence-corrected chi connectivity index (χ4v) is 2.47. The highest BCUT2D eigenvalue weighted by Crippen LogP contribution is 2.26. The quantitative estimate of drug-likeness (QED) is 0.649. The number of halogens is 1. The molecule has 0 bridgehead atoms. The number of carbonyl (C=O) groups is 1. The summed E-state index contributed by atoms with van der Waals surface area (Å²) >= 11 is 0. The van der Waals surface area contributed by atoms with Crippen LogP contribution in [0.4, 0.5) is 4.39 Å². The Hall–Kier alpha value is -0.440. The van der Waals surface area contributed by atoms with E-state index in [-0.39, 0.29) is 12.6 Å². The lowest BCUT2D eigenvalue weighted by molar-refractivity contribution is -0.113. The highest BCUT2D eigenvalue weighted by Gasteiger charge is 2.29. The first kappa shape index (κ1) is 11.6. The Bertz CT molecular complexity index is 174. The number of rotatable bonds is 4. The van der Waals surface area contributed by atoms with Gasteiger partial charge in [0.25, 0.3) is 0 Å². The maximum absolute atomic E-state index is 12.1. The van der Waals surface area contributed by atoms with Crippen molar-refractivity contribution in [2.75, 3.05) is 13.2 Å². The molecule has 2 nitrogen and oxygen atoms in total. The van der Waals surface area contributed by atoms with Gasteiger partial charge in [-0.05, 0) is 33.1 Å². The summed E-state index contributed by atoms with van der Waals surface area (Å²) in [5, 5.41) is 0. The Kier molecular flexibility index (Phi) is 4.52. The summed E-state index contributed by atoms with van der Waals surface area (Å²) in [6.45, 7) is 4.84. The molecule has 0 saturated carbocycles. The van der Waals surface area contributed by atoms with Crippen LogP contribution in [0.25, 0.3) is 0 Å². The van der Waals surface area contributed by atoms with Crippen LogP contribution in [-0.4, -0.2) is 36.5 Å². The van der Waals surface area contributed by atoms with E-state index in [1.54, 1.807) is 0 Å². The zero-order chi connectivity index (χ0) is 10.6. The molecule has 0 spiro atoms. The summed E-state index contributed by atoms with van der Waals surface area (Å²) in [4.78, 5) is 13.0. The summed E-state index contributed by atoms with van der Waals surface area (Å²) in [7, 11) is 0. The lowest BCUT2D eigenvalue weighted by Gasteiger charge is -2.41. The second-order valence-corrected chi connectivity index (χ2v) is 4.35. The van der Waals surface area contributed by atoms with Crippen LogP contribution >= 0.6 is 0 Å². The van der Waals surface area contributed by atoms with Crippen molar-refractivity contribution in [1.82, 2.24) is 4.90 Å². The maximum atomic E-state index is 12.1. The molecule has 0 aromatic heterocycles. The van der Waals surface area contributed by atoms with Gasteiger partial charge >= 0.3 is 0 Å². The first-order valence-corrected chi connectivity index (χ1v) is 5.46. The predicted octanol–water partition coefficient (Wildman–Crippen LogP) is 2.03. The van der Waals surface area contributed by atoms with Crippen molar-refractivity contribution in [1.29, 1.82) is 0 Å². The molecular weight excluding hydrogens is 181 g/mol. The van der Waals surface area contributed by atoms with Gasteiger partial charge in [-0.1, -0.05) is 0 Å². The van der Waals surface area contributed by atoms with Gasteiger partial charge in [-0.15, -0.1) is 0 Å². The molecule has 0 aromatic rings. The van der Waals surface area contributed by atoms with Gasteiger partial charge < -0.3 is 4.79 Å². The van der Waals surface area contributed by atoms with Crippen LogP contribution in [0.5, 0.6) is 0 Å². The molecule has 0 unspecified atom stereocenters. The maximum Gasteiger partial charge on any atom is 0.123 e. The molecule has 2 atom stereocenters. The Morgan fingerprint density at radius 1 is 1.36 bits per heavy atom. The Labute approximate surface area is 85.5 Å². The molecule has 0 aliphatic carbocycles. The minimum Gasteiger partial charge on any atom is -0.303 e. The van der Waals surface area contributed by atoms with Crippen molar-refractivity contribution in [3.05, 3.63) is 0 Å². The van der Waals surface area contributed by atoms with E-state index < -0.39 is 0 Å². The molecule has 3 heteroatoms. The molecule has 1 saturated heterocycles. The van der Waals surface area contributed by atoms with Crippen LogP contribution in [0, 0.1) is 5.92 Å². The van der Waals surface area contributed by atoms with Gasteiger partial charge in [-0.25, -0.2) is 0 Å². The first-order valence-electron chi connectivity index (χ1n) is 5.46. The molecule has 0 aromatic carbocycles. The molecule has 1 aliphatic rings. The van der Waals surface area contributed by atoms with Crippen molar-refractivity contribution >= 4 is 6.29 Å². The van der Waals surface area contributed by atoms with Crippen LogP contribution in [-0.2, 0) is 4.79 Å². The first-order chi connectivity index (χ1) is 6.69. The fraction of sp³-hybridized carbons (Fsp3) is 0.909. The number of carbonyl (C=O) groups excluding carboxylic acids is 1. The van der Waals surface area contributed by atoms with Crippen molar-refractivity contribution in [2.24, 2.45) is 5.92 Å². The van der Waals surface area contributed by atoms with E-state index in [0.717, 1.165) is 25.7 Å². The topological polar surface area (TPSA) is 20.3 Å². The highest BCUT2D eigenvalue weighted by atomic mass is 19.1. The lowest BCUT2D eigenvalue weighted by Crippen LogP contribution is -2.47.